The van der Waals surface area contributed by atoms with Crippen molar-refractivity contribution in [1.82, 2.24) is 0 Å². The van der Waals surface area contributed by atoms with Gasteiger partial charge in [-0.3, -0.25) is 0 Å². The minimum absolute atomic E-state index is 1.04. The van der Waals surface area contributed by atoms with Crippen LogP contribution in [0.2, 0.25) is 13.3 Å². The molecule has 0 fully saturated rings. The summed E-state index contributed by atoms with van der Waals surface area (Å²) in [5.41, 5.74) is 0. The fourth-order valence-electron chi connectivity index (χ4n) is 1.70. The first-order valence-corrected chi connectivity index (χ1v) is 13.1. The molecule has 2 heteroatoms. The van der Waals surface area contributed by atoms with Crippen molar-refractivity contribution in [2.45, 2.75) is 60.3 Å². The Morgan fingerprint density at radius 1 is 0.846 bits per heavy atom. The molecule has 1 nitrogen and oxygen atoms in total. The molecule has 0 spiro atoms. The van der Waals surface area contributed by atoms with Crippen LogP contribution in [0, 0.1) is 0 Å². The third-order valence-corrected chi connectivity index (χ3v) is 16.5. The van der Waals surface area contributed by atoms with Gasteiger partial charge in [0.05, 0.1) is 0 Å². The Hall–Kier alpha value is 0.759. The molecule has 0 atom stereocenters. The molecule has 0 amide bonds. The molecule has 0 bridgehead atoms. The van der Waals surface area contributed by atoms with Gasteiger partial charge in [-0.25, -0.2) is 0 Å². The molecule has 0 aliphatic carbocycles. The van der Waals surface area contributed by atoms with E-state index < -0.39 is 18.8 Å². The molecule has 0 saturated heterocycles. The van der Waals surface area contributed by atoms with E-state index in [0.717, 1.165) is 6.61 Å². The van der Waals surface area contributed by atoms with Gasteiger partial charge in [0.25, 0.3) is 0 Å². The third-order valence-electron chi connectivity index (χ3n) is 3.09. The molecule has 0 aliphatic rings. The molecular formula is C11H26OSn. The number of hydrogen-bond donors (Lipinski definition) is 0. The first kappa shape index (κ1) is 13.8. The zero-order chi connectivity index (χ0) is 10.2. The van der Waals surface area contributed by atoms with Crippen LogP contribution in [-0.4, -0.2) is 25.4 Å². The molecule has 0 aromatic carbocycles. The number of rotatable bonds is 8. The van der Waals surface area contributed by atoms with Crippen molar-refractivity contribution in [2.75, 3.05) is 6.61 Å². The van der Waals surface area contributed by atoms with Crippen LogP contribution < -0.4 is 0 Å². The van der Waals surface area contributed by atoms with E-state index in [2.05, 4.69) is 27.7 Å². The van der Waals surface area contributed by atoms with E-state index in [0.29, 0.717) is 0 Å². The molecule has 0 aromatic heterocycles. The zero-order valence-corrected chi connectivity index (χ0v) is 12.7. The first-order valence-electron chi connectivity index (χ1n) is 5.88. The second-order valence-corrected chi connectivity index (χ2v) is 17.4. The Labute approximate surface area is 88.7 Å². The summed E-state index contributed by atoms with van der Waals surface area (Å²) in [5, 5.41) is 0. The van der Waals surface area contributed by atoms with Crippen LogP contribution in [0.4, 0.5) is 0 Å². The van der Waals surface area contributed by atoms with Crippen molar-refractivity contribution in [3.63, 3.8) is 0 Å². The Bertz CT molecular complexity index is 102. The molecule has 80 valence electrons. The van der Waals surface area contributed by atoms with E-state index in [1.165, 1.54) is 32.6 Å². The van der Waals surface area contributed by atoms with Crippen molar-refractivity contribution >= 4 is 18.8 Å². The Kier molecular flexibility index (Phi) is 8.57. The second kappa shape index (κ2) is 8.10. The molecule has 0 rings (SSSR count). The van der Waals surface area contributed by atoms with Crippen molar-refractivity contribution in [3.05, 3.63) is 0 Å². The van der Waals surface area contributed by atoms with Gasteiger partial charge < -0.3 is 0 Å². The maximum atomic E-state index is 6.19. The monoisotopic (exact) mass is 294 g/mol. The summed E-state index contributed by atoms with van der Waals surface area (Å²) in [6.07, 6.45) is 3.91. The quantitative estimate of drug-likeness (QED) is 0.481. The fourth-order valence-corrected chi connectivity index (χ4v) is 9.37. The van der Waals surface area contributed by atoms with Gasteiger partial charge in [0.1, 0.15) is 0 Å². The SMILES string of the molecule is CCCCC[O][Sn]([CH2]C)([CH2]C)[CH2]C. The van der Waals surface area contributed by atoms with E-state index >= 15 is 0 Å². The number of unbranched alkanes of at least 4 members (excludes halogenated alkanes) is 2. The Balaban J connectivity index is 3.68. The summed E-state index contributed by atoms with van der Waals surface area (Å²) < 4.78 is 10.3. The molecule has 13 heavy (non-hydrogen) atoms. The predicted molar refractivity (Wildman–Crippen MR) is 62.7 cm³/mol. The fraction of sp³-hybridized carbons (Fsp3) is 1.00. The van der Waals surface area contributed by atoms with Crippen LogP contribution in [0.25, 0.3) is 0 Å². The Morgan fingerprint density at radius 2 is 1.38 bits per heavy atom. The van der Waals surface area contributed by atoms with E-state index in [-0.39, 0.29) is 0 Å². The Morgan fingerprint density at radius 3 is 1.77 bits per heavy atom. The maximum absolute atomic E-state index is 6.19. The van der Waals surface area contributed by atoms with Gasteiger partial charge in [0.15, 0.2) is 0 Å². The molecule has 0 N–H and O–H groups in total. The minimum atomic E-state index is -2.01. The molecule has 0 saturated carbocycles. The molecular weight excluding hydrogens is 267 g/mol. The average Bonchev–Trinajstić information content (AvgIpc) is 2.20. The standard InChI is InChI=1S/C5H11O.3C2H5.Sn/c1-2-3-4-5-6;3*1-2;/h2-5H2,1H3;3*1H2,2H3;/q-1;;;;+1. The summed E-state index contributed by atoms with van der Waals surface area (Å²) in [6, 6.07) is 0. The summed E-state index contributed by atoms with van der Waals surface area (Å²) in [5.74, 6) is 0. The van der Waals surface area contributed by atoms with E-state index in [1.807, 2.05) is 0 Å². The van der Waals surface area contributed by atoms with Gasteiger partial charge in [-0.15, -0.1) is 0 Å². The molecule has 0 radical (unpaired) electrons. The van der Waals surface area contributed by atoms with E-state index in [1.54, 1.807) is 0 Å². The van der Waals surface area contributed by atoms with Crippen LogP contribution >= 0.6 is 0 Å². The normalized spacial score (nSPS) is 12.0. The van der Waals surface area contributed by atoms with Crippen LogP contribution in [-0.2, 0) is 3.07 Å². The molecule has 0 unspecified atom stereocenters. The summed E-state index contributed by atoms with van der Waals surface area (Å²) in [6.45, 7) is 10.3. The van der Waals surface area contributed by atoms with Crippen LogP contribution in [0.15, 0.2) is 0 Å². The van der Waals surface area contributed by atoms with Crippen LogP contribution in [0.3, 0.4) is 0 Å². The second-order valence-electron chi connectivity index (χ2n) is 3.80. The topological polar surface area (TPSA) is 9.23 Å². The van der Waals surface area contributed by atoms with Gasteiger partial charge in [0.2, 0.25) is 0 Å². The van der Waals surface area contributed by atoms with Crippen LogP contribution in [0.5, 0.6) is 0 Å². The zero-order valence-electron chi connectivity index (χ0n) is 9.86. The van der Waals surface area contributed by atoms with Gasteiger partial charge in [-0.2, -0.15) is 0 Å². The molecule has 0 heterocycles. The molecule has 0 aliphatic heterocycles. The first-order chi connectivity index (χ1) is 6.24. The third kappa shape index (κ3) is 5.26. The predicted octanol–water partition coefficient (Wildman–Crippen LogP) is 4.20. The van der Waals surface area contributed by atoms with E-state index in [9.17, 15) is 0 Å². The summed E-state index contributed by atoms with van der Waals surface area (Å²) in [7, 11) is 0. The molecule has 0 aromatic rings. The van der Waals surface area contributed by atoms with Crippen molar-refractivity contribution in [1.29, 1.82) is 0 Å². The van der Waals surface area contributed by atoms with Gasteiger partial charge in [-0.1, -0.05) is 0 Å². The average molecular weight is 293 g/mol. The van der Waals surface area contributed by atoms with Crippen molar-refractivity contribution in [3.8, 4) is 0 Å². The van der Waals surface area contributed by atoms with Crippen molar-refractivity contribution in [2.24, 2.45) is 0 Å². The summed E-state index contributed by atoms with van der Waals surface area (Å²) >= 11 is -2.01. The van der Waals surface area contributed by atoms with Crippen molar-refractivity contribution < 1.29 is 3.07 Å². The van der Waals surface area contributed by atoms with E-state index in [4.69, 9.17) is 3.07 Å². The summed E-state index contributed by atoms with van der Waals surface area (Å²) in [4.78, 5) is 0. The van der Waals surface area contributed by atoms with Gasteiger partial charge >= 0.3 is 88.7 Å². The number of hydrogen-bond acceptors (Lipinski definition) is 1. The van der Waals surface area contributed by atoms with Gasteiger partial charge in [-0.05, 0) is 0 Å². The van der Waals surface area contributed by atoms with Crippen LogP contribution in [0.1, 0.15) is 47.0 Å². The van der Waals surface area contributed by atoms with Gasteiger partial charge in [0, 0.05) is 0 Å².